The maximum Gasteiger partial charge on any atom is 0.285 e. The van der Waals surface area contributed by atoms with Gasteiger partial charge in [-0.1, -0.05) is 37.6 Å². The van der Waals surface area contributed by atoms with Gasteiger partial charge < -0.3 is 9.15 Å². The van der Waals surface area contributed by atoms with Crippen LogP contribution in [-0.2, 0) is 6.42 Å². The zero-order valence-electron chi connectivity index (χ0n) is 12.5. The van der Waals surface area contributed by atoms with Crippen molar-refractivity contribution in [2.24, 2.45) is 0 Å². The SMILES string of the molecule is CCCc1ccc(-c2cc3cc(OC)oc3c(F)c2F)cc1. The number of furan rings is 1. The second-order valence-electron chi connectivity index (χ2n) is 5.19. The minimum atomic E-state index is -0.992. The van der Waals surface area contributed by atoms with Gasteiger partial charge in [-0.05, 0) is 23.6 Å². The Hall–Kier alpha value is -2.36. The van der Waals surface area contributed by atoms with Gasteiger partial charge in [0, 0.05) is 17.0 Å². The van der Waals surface area contributed by atoms with Crippen LogP contribution in [0.4, 0.5) is 8.78 Å². The van der Waals surface area contributed by atoms with Gasteiger partial charge in [-0.2, -0.15) is 4.39 Å². The van der Waals surface area contributed by atoms with Crippen molar-refractivity contribution in [2.45, 2.75) is 19.8 Å². The van der Waals surface area contributed by atoms with Gasteiger partial charge in [-0.15, -0.1) is 0 Å². The van der Waals surface area contributed by atoms with Crippen LogP contribution in [-0.4, -0.2) is 7.11 Å². The molecule has 0 atom stereocenters. The summed E-state index contributed by atoms with van der Waals surface area (Å²) in [6, 6.07) is 10.6. The quantitative estimate of drug-likeness (QED) is 0.649. The van der Waals surface area contributed by atoms with Crippen LogP contribution in [0.15, 0.2) is 40.8 Å². The predicted octanol–water partition coefficient (Wildman–Crippen LogP) is 5.34. The zero-order chi connectivity index (χ0) is 15.7. The summed E-state index contributed by atoms with van der Waals surface area (Å²) in [6.45, 7) is 2.10. The number of rotatable bonds is 4. The number of ether oxygens (including phenoxy) is 1. The van der Waals surface area contributed by atoms with Crippen LogP contribution < -0.4 is 4.74 Å². The highest BCUT2D eigenvalue weighted by atomic mass is 19.2. The molecule has 0 saturated carbocycles. The maximum absolute atomic E-state index is 14.3. The lowest BCUT2D eigenvalue weighted by atomic mass is 10.0. The van der Waals surface area contributed by atoms with E-state index in [9.17, 15) is 8.78 Å². The van der Waals surface area contributed by atoms with Gasteiger partial charge in [-0.25, -0.2) is 4.39 Å². The molecule has 22 heavy (non-hydrogen) atoms. The lowest BCUT2D eigenvalue weighted by Gasteiger charge is -2.06. The van der Waals surface area contributed by atoms with Crippen LogP contribution in [0, 0.1) is 11.6 Å². The number of halogens is 2. The van der Waals surface area contributed by atoms with E-state index in [0.717, 1.165) is 12.8 Å². The first-order valence-corrected chi connectivity index (χ1v) is 7.19. The van der Waals surface area contributed by atoms with Crippen LogP contribution in [0.3, 0.4) is 0 Å². The molecule has 3 aromatic rings. The molecule has 114 valence electrons. The standard InChI is InChI=1S/C18H16F2O2/c1-3-4-11-5-7-12(8-6-11)14-9-13-10-15(21-2)22-18(13)17(20)16(14)19/h5-10H,3-4H2,1-2H3. The number of fused-ring (bicyclic) bond motifs is 1. The number of benzene rings is 2. The Kier molecular flexibility index (Phi) is 3.84. The molecule has 0 amide bonds. The second-order valence-corrected chi connectivity index (χ2v) is 5.19. The molecular formula is C18H16F2O2. The maximum atomic E-state index is 14.3. The number of methoxy groups -OCH3 is 1. The topological polar surface area (TPSA) is 22.4 Å². The molecule has 1 heterocycles. The summed E-state index contributed by atoms with van der Waals surface area (Å²) >= 11 is 0. The molecule has 0 fully saturated rings. The first-order valence-electron chi connectivity index (χ1n) is 7.19. The summed E-state index contributed by atoms with van der Waals surface area (Å²) in [6.07, 6.45) is 2.01. The summed E-state index contributed by atoms with van der Waals surface area (Å²) in [4.78, 5) is 0. The highest BCUT2D eigenvalue weighted by Gasteiger charge is 2.18. The number of hydrogen-bond donors (Lipinski definition) is 0. The Labute approximate surface area is 127 Å². The third-order valence-corrected chi connectivity index (χ3v) is 3.67. The molecule has 1 aromatic heterocycles. The highest BCUT2D eigenvalue weighted by Crippen LogP contribution is 2.34. The van der Waals surface area contributed by atoms with E-state index >= 15 is 0 Å². The Balaban J connectivity index is 2.11. The first-order chi connectivity index (χ1) is 10.6. The van der Waals surface area contributed by atoms with E-state index in [4.69, 9.17) is 9.15 Å². The van der Waals surface area contributed by atoms with E-state index in [1.165, 1.54) is 12.7 Å². The van der Waals surface area contributed by atoms with Crippen LogP contribution in [0.5, 0.6) is 5.95 Å². The van der Waals surface area contributed by atoms with Gasteiger partial charge >= 0.3 is 0 Å². The van der Waals surface area contributed by atoms with Crippen LogP contribution >= 0.6 is 0 Å². The highest BCUT2D eigenvalue weighted by molar-refractivity contribution is 5.85. The van der Waals surface area contributed by atoms with E-state index in [0.29, 0.717) is 10.9 Å². The third kappa shape index (κ3) is 2.45. The minimum absolute atomic E-state index is 0.124. The van der Waals surface area contributed by atoms with Crippen LogP contribution in [0.2, 0.25) is 0 Å². The van der Waals surface area contributed by atoms with Crippen LogP contribution in [0.1, 0.15) is 18.9 Å². The lowest BCUT2D eigenvalue weighted by molar-refractivity contribution is 0.312. The summed E-state index contributed by atoms with van der Waals surface area (Å²) in [7, 11) is 1.42. The average Bonchev–Trinajstić information content (AvgIpc) is 2.95. The van der Waals surface area contributed by atoms with Crippen molar-refractivity contribution < 1.29 is 17.9 Å². The van der Waals surface area contributed by atoms with E-state index in [1.54, 1.807) is 12.1 Å². The molecule has 0 N–H and O–H groups in total. The molecule has 0 bridgehead atoms. The second kappa shape index (κ2) is 5.79. The van der Waals surface area contributed by atoms with Crippen molar-refractivity contribution in [3.05, 3.63) is 53.6 Å². The fourth-order valence-electron chi connectivity index (χ4n) is 2.55. The number of aryl methyl sites for hydroxylation is 1. The fraction of sp³-hybridized carbons (Fsp3) is 0.222. The predicted molar refractivity (Wildman–Crippen MR) is 82.1 cm³/mol. The van der Waals surface area contributed by atoms with E-state index in [1.807, 2.05) is 24.3 Å². The molecule has 0 unspecified atom stereocenters. The van der Waals surface area contributed by atoms with E-state index in [-0.39, 0.29) is 17.1 Å². The Morgan fingerprint density at radius 1 is 1.05 bits per heavy atom. The van der Waals surface area contributed by atoms with E-state index < -0.39 is 11.6 Å². The van der Waals surface area contributed by atoms with Crippen molar-refractivity contribution in [1.29, 1.82) is 0 Å². The van der Waals surface area contributed by atoms with Crippen molar-refractivity contribution in [3.8, 4) is 17.1 Å². The monoisotopic (exact) mass is 302 g/mol. The van der Waals surface area contributed by atoms with Crippen LogP contribution in [0.25, 0.3) is 22.1 Å². The van der Waals surface area contributed by atoms with Gasteiger partial charge in [0.2, 0.25) is 5.82 Å². The molecule has 0 aliphatic heterocycles. The molecule has 0 spiro atoms. The molecule has 0 radical (unpaired) electrons. The van der Waals surface area contributed by atoms with E-state index in [2.05, 4.69) is 6.92 Å². The van der Waals surface area contributed by atoms with Gasteiger partial charge in [0.25, 0.3) is 5.95 Å². The first kappa shape index (κ1) is 14.6. The smallest absolute Gasteiger partial charge is 0.285 e. The third-order valence-electron chi connectivity index (χ3n) is 3.67. The van der Waals surface area contributed by atoms with Gasteiger partial charge in [0.05, 0.1) is 7.11 Å². The molecule has 2 nitrogen and oxygen atoms in total. The van der Waals surface area contributed by atoms with Gasteiger partial charge in [0.15, 0.2) is 11.4 Å². The van der Waals surface area contributed by atoms with Crippen molar-refractivity contribution in [3.63, 3.8) is 0 Å². The van der Waals surface area contributed by atoms with Crippen molar-refractivity contribution in [1.82, 2.24) is 0 Å². The lowest BCUT2D eigenvalue weighted by Crippen LogP contribution is -1.91. The molecule has 4 heteroatoms. The number of hydrogen-bond acceptors (Lipinski definition) is 2. The molecule has 0 aliphatic rings. The average molecular weight is 302 g/mol. The summed E-state index contributed by atoms with van der Waals surface area (Å²) in [5.74, 6) is -1.75. The molecular weight excluding hydrogens is 286 g/mol. The molecule has 0 aliphatic carbocycles. The zero-order valence-corrected chi connectivity index (χ0v) is 12.5. The van der Waals surface area contributed by atoms with Crippen molar-refractivity contribution >= 4 is 11.0 Å². The Bertz CT molecular complexity index is 804. The fourth-order valence-corrected chi connectivity index (χ4v) is 2.55. The summed E-state index contributed by atoms with van der Waals surface area (Å²) in [5.41, 5.74) is 1.91. The Morgan fingerprint density at radius 2 is 1.77 bits per heavy atom. The Morgan fingerprint density at radius 3 is 2.41 bits per heavy atom. The van der Waals surface area contributed by atoms with Gasteiger partial charge in [0.1, 0.15) is 0 Å². The molecule has 3 rings (SSSR count). The molecule has 0 saturated heterocycles. The summed E-state index contributed by atoms with van der Waals surface area (Å²) < 4.78 is 38.5. The summed E-state index contributed by atoms with van der Waals surface area (Å²) in [5, 5.41) is 0.475. The normalized spacial score (nSPS) is 11.1. The molecule has 2 aromatic carbocycles. The largest absolute Gasteiger partial charge is 0.468 e. The van der Waals surface area contributed by atoms with Gasteiger partial charge in [-0.3, -0.25) is 0 Å². The van der Waals surface area contributed by atoms with Crippen molar-refractivity contribution in [2.75, 3.05) is 7.11 Å². The minimum Gasteiger partial charge on any atom is -0.468 e.